The molecule has 0 aliphatic carbocycles. The van der Waals surface area contributed by atoms with Crippen molar-refractivity contribution in [3.8, 4) is 0 Å². The Labute approximate surface area is 65.3 Å². The largest absolute Gasteiger partial charge is 0.450 e. The van der Waals surface area contributed by atoms with Crippen LogP contribution in [0, 0.1) is 0 Å². The SMILES string of the molecule is CC(C)N.ClB(Cl)Cl. The van der Waals surface area contributed by atoms with Crippen LogP contribution >= 0.6 is 34.4 Å². The number of hydrogen-bond acceptors (Lipinski definition) is 1. The van der Waals surface area contributed by atoms with Gasteiger partial charge in [-0.1, -0.05) is 13.8 Å². The van der Waals surface area contributed by atoms with Gasteiger partial charge in [0.2, 0.25) is 0 Å². The van der Waals surface area contributed by atoms with Crippen LogP contribution in [0.2, 0.25) is 0 Å². The Balaban J connectivity index is 0. The number of hydrogen-bond donors (Lipinski definition) is 1. The lowest BCUT2D eigenvalue weighted by Crippen LogP contribution is -2.06. The molecule has 0 saturated heterocycles. The Bertz CT molecular complexity index is 30.0. The molecule has 0 bridgehead atoms. The minimum absolute atomic E-state index is 0.333. The molecule has 0 saturated carbocycles. The van der Waals surface area contributed by atoms with Gasteiger partial charge < -0.3 is 5.73 Å². The third kappa shape index (κ3) is 299. The second-order valence-electron chi connectivity index (χ2n) is 1.49. The van der Waals surface area contributed by atoms with Gasteiger partial charge in [0.25, 0.3) is 0 Å². The van der Waals surface area contributed by atoms with Gasteiger partial charge in [0.05, 0.1) is 0 Å². The van der Waals surface area contributed by atoms with Gasteiger partial charge in [-0.05, 0) is 6.04 Å². The number of halogens is 3. The summed E-state index contributed by atoms with van der Waals surface area (Å²) >= 11 is 14.4. The molecule has 0 aliphatic heterocycles. The van der Waals surface area contributed by atoms with Crippen LogP contribution in [0.3, 0.4) is 0 Å². The number of nitrogens with two attached hydrogens (primary N) is 1. The van der Waals surface area contributed by atoms with E-state index in [1.165, 1.54) is 0 Å². The highest BCUT2D eigenvalue weighted by atomic mass is 35.6. The van der Waals surface area contributed by atoms with Gasteiger partial charge in [0, 0.05) is 0 Å². The monoisotopic (exact) mass is 175 g/mol. The summed E-state index contributed by atoms with van der Waals surface area (Å²) in [6.45, 7) is 3.89. The summed E-state index contributed by atoms with van der Waals surface area (Å²) in [5.74, 6) is 0. The average Bonchev–Trinajstić information content (AvgIpc) is 1.25. The van der Waals surface area contributed by atoms with E-state index in [2.05, 4.69) is 0 Å². The first kappa shape index (κ1) is 11.7. The first-order valence-corrected chi connectivity index (χ1v) is 3.45. The zero-order valence-corrected chi connectivity index (χ0v) is 7.13. The second kappa shape index (κ2) is 7.89. The second-order valence-corrected chi connectivity index (χ2v) is 3.47. The molecule has 1 nitrogen and oxygen atoms in total. The van der Waals surface area contributed by atoms with Gasteiger partial charge in [-0.2, -0.15) is 34.4 Å². The van der Waals surface area contributed by atoms with Crippen LogP contribution in [0.15, 0.2) is 0 Å². The molecule has 8 heavy (non-hydrogen) atoms. The molecule has 0 heterocycles. The Morgan fingerprint density at radius 3 is 1.25 bits per heavy atom. The smallest absolute Gasteiger partial charge is 0.328 e. The molecule has 0 aromatic rings. The van der Waals surface area contributed by atoms with Crippen molar-refractivity contribution in [3.63, 3.8) is 0 Å². The summed E-state index contributed by atoms with van der Waals surface area (Å²) < 4.78 is 0. The molecule has 0 spiro atoms. The first-order valence-electron chi connectivity index (χ1n) is 2.14. The normalized spacial score (nSPS) is 7.88. The summed E-state index contributed by atoms with van der Waals surface area (Å²) in [6.07, 6.45) is 0. The van der Waals surface area contributed by atoms with Crippen molar-refractivity contribution in [2.24, 2.45) is 5.73 Å². The Hall–Kier alpha value is 0.895. The minimum Gasteiger partial charge on any atom is -0.328 e. The van der Waals surface area contributed by atoms with Crippen molar-refractivity contribution < 1.29 is 0 Å². The average molecular weight is 176 g/mol. The molecule has 0 rings (SSSR count). The van der Waals surface area contributed by atoms with Crippen LogP contribution in [-0.2, 0) is 0 Å². The van der Waals surface area contributed by atoms with Crippen molar-refractivity contribution in [1.82, 2.24) is 0 Å². The van der Waals surface area contributed by atoms with E-state index in [1.54, 1.807) is 0 Å². The predicted octanol–water partition coefficient (Wildman–Crippen LogP) is 2.04. The highest BCUT2D eigenvalue weighted by Crippen LogP contribution is 1.97. The van der Waals surface area contributed by atoms with E-state index in [9.17, 15) is 0 Å². The molecule has 0 radical (unpaired) electrons. The van der Waals surface area contributed by atoms with Crippen molar-refractivity contribution in [3.05, 3.63) is 0 Å². The molecule has 5 heteroatoms. The van der Waals surface area contributed by atoms with E-state index in [4.69, 9.17) is 40.1 Å². The third-order valence-corrected chi connectivity index (χ3v) is 0. The van der Waals surface area contributed by atoms with Gasteiger partial charge in [-0.25, -0.2) is 0 Å². The molecular formula is C3H9BCl3N. The van der Waals surface area contributed by atoms with Gasteiger partial charge in [0.1, 0.15) is 0 Å². The Morgan fingerprint density at radius 1 is 1.25 bits per heavy atom. The van der Waals surface area contributed by atoms with Gasteiger partial charge in [0.15, 0.2) is 0 Å². The molecule has 0 amide bonds. The fourth-order valence-electron chi connectivity index (χ4n) is 0. The van der Waals surface area contributed by atoms with Crippen molar-refractivity contribution in [2.45, 2.75) is 19.9 Å². The topological polar surface area (TPSA) is 26.0 Å². The number of rotatable bonds is 0. The molecule has 0 aromatic heterocycles. The lowest BCUT2D eigenvalue weighted by atomic mass is 10.5. The van der Waals surface area contributed by atoms with E-state index >= 15 is 0 Å². The lowest BCUT2D eigenvalue weighted by Gasteiger charge is -1.81. The molecule has 0 atom stereocenters. The summed E-state index contributed by atoms with van der Waals surface area (Å²) in [7, 11) is 0. The fraction of sp³-hybridized carbons (Fsp3) is 1.00. The minimum atomic E-state index is -0.750. The van der Waals surface area contributed by atoms with Gasteiger partial charge in [-0.3, -0.25) is 0 Å². The van der Waals surface area contributed by atoms with Gasteiger partial charge >= 0.3 is 4.96 Å². The maximum Gasteiger partial charge on any atom is 0.450 e. The Morgan fingerprint density at radius 2 is 1.25 bits per heavy atom. The van der Waals surface area contributed by atoms with Crippen molar-refractivity contribution in [2.75, 3.05) is 0 Å². The van der Waals surface area contributed by atoms with E-state index in [-0.39, 0.29) is 0 Å². The van der Waals surface area contributed by atoms with Crippen molar-refractivity contribution >= 4 is 39.3 Å². The summed E-state index contributed by atoms with van der Waals surface area (Å²) in [5, 5.41) is 0. The summed E-state index contributed by atoms with van der Waals surface area (Å²) in [6, 6.07) is 0.333. The molecule has 0 aliphatic rings. The van der Waals surface area contributed by atoms with Crippen LogP contribution in [0.1, 0.15) is 13.8 Å². The molecule has 50 valence electrons. The zero-order chi connectivity index (χ0) is 7.15. The van der Waals surface area contributed by atoms with Crippen LogP contribution in [0.25, 0.3) is 0 Å². The van der Waals surface area contributed by atoms with E-state index in [0.29, 0.717) is 6.04 Å². The molecule has 0 aromatic carbocycles. The quantitative estimate of drug-likeness (QED) is 0.562. The van der Waals surface area contributed by atoms with Crippen LogP contribution in [0.5, 0.6) is 0 Å². The fourth-order valence-corrected chi connectivity index (χ4v) is 0. The van der Waals surface area contributed by atoms with Crippen LogP contribution in [0.4, 0.5) is 0 Å². The van der Waals surface area contributed by atoms with E-state index < -0.39 is 4.96 Å². The zero-order valence-electron chi connectivity index (χ0n) is 4.87. The predicted molar refractivity (Wildman–Crippen MR) is 42.6 cm³/mol. The molecular weight excluding hydrogens is 167 g/mol. The molecule has 0 fully saturated rings. The van der Waals surface area contributed by atoms with Gasteiger partial charge in [-0.15, -0.1) is 0 Å². The maximum atomic E-state index is 5.11. The first-order chi connectivity index (χ1) is 3.46. The standard InChI is InChI=1S/C3H9N.BCl3/c1-3(2)4;2-1(3)4/h3H,4H2,1-2H3;. The van der Waals surface area contributed by atoms with E-state index in [1.807, 2.05) is 13.8 Å². The lowest BCUT2D eigenvalue weighted by molar-refractivity contribution is 0.834. The third-order valence-electron chi connectivity index (χ3n) is 0. The van der Waals surface area contributed by atoms with Crippen LogP contribution < -0.4 is 5.73 Å². The molecule has 2 N–H and O–H groups in total. The maximum absolute atomic E-state index is 5.11. The van der Waals surface area contributed by atoms with Crippen LogP contribution in [-0.4, -0.2) is 11.0 Å². The molecule has 0 unspecified atom stereocenters. The Kier molecular flexibility index (Phi) is 11.5. The highest BCUT2D eigenvalue weighted by Gasteiger charge is 1.91. The van der Waals surface area contributed by atoms with Crippen molar-refractivity contribution in [1.29, 1.82) is 0 Å². The summed E-state index contributed by atoms with van der Waals surface area (Å²) in [5.41, 5.74) is 5.11. The highest BCUT2D eigenvalue weighted by molar-refractivity contribution is 7.54. The summed E-state index contributed by atoms with van der Waals surface area (Å²) in [4.78, 5) is -0.750. The van der Waals surface area contributed by atoms with E-state index in [0.717, 1.165) is 0 Å².